The Morgan fingerprint density at radius 3 is 2.47 bits per heavy atom. The number of amides is 2. The van der Waals surface area contributed by atoms with Gasteiger partial charge in [-0.3, -0.25) is 19.1 Å². The van der Waals surface area contributed by atoms with Crippen molar-refractivity contribution in [2.75, 3.05) is 25.0 Å². The lowest BCUT2D eigenvalue weighted by Crippen LogP contribution is -2.46. The van der Waals surface area contributed by atoms with E-state index in [0.29, 0.717) is 31.5 Å². The average Bonchev–Trinajstić information content (AvgIpc) is 3.11. The Labute approximate surface area is 186 Å². The first-order valence-corrected chi connectivity index (χ1v) is 11.0. The van der Waals surface area contributed by atoms with Gasteiger partial charge in [0.05, 0.1) is 12.1 Å². The summed E-state index contributed by atoms with van der Waals surface area (Å²) in [6, 6.07) is 16.8. The van der Waals surface area contributed by atoms with Gasteiger partial charge in [-0.1, -0.05) is 30.3 Å². The first kappa shape index (κ1) is 21.8. The molecule has 2 N–H and O–H groups in total. The van der Waals surface area contributed by atoms with Gasteiger partial charge in [0.2, 0.25) is 11.8 Å². The second-order valence-electron chi connectivity index (χ2n) is 8.12. The number of rotatable bonds is 8. The van der Waals surface area contributed by atoms with E-state index in [9.17, 15) is 14.4 Å². The molecular weight excluding hydrogens is 408 g/mol. The zero-order valence-electron chi connectivity index (χ0n) is 18.0. The van der Waals surface area contributed by atoms with Gasteiger partial charge in [-0.05, 0) is 43.5 Å². The van der Waals surface area contributed by atoms with Gasteiger partial charge < -0.3 is 15.1 Å². The number of nitrogens with one attached hydrogen (secondary N) is 2. The molecule has 0 aliphatic carbocycles. The van der Waals surface area contributed by atoms with Gasteiger partial charge in [0.25, 0.3) is 0 Å². The van der Waals surface area contributed by atoms with Crippen LogP contribution in [0.15, 0.2) is 63.8 Å². The quantitative estimate of drug-likeness (QED) is 0.566. The van der Waals surface area contributed by atoms with Crippen LogP contribution in [0.5, 0.6) is 0 Å². The van der Waals surface area contributed by atoms with Crippen molar-refractivity contribution in [3.63, 3.8) is 0 Å². The number of aromatic nitrogens is 1. The molecule has 2 aromatic carbocycles. The van der Waals surface area contributed by atoms with Gasteiger partial charge in [-0.25, -0.2) is 4.79 Å². The smallest absolute Gasteiger partial charge is 0.408 e. The molecule has 2 amide bonds. The van der Waals surface area contributed by atoms with Crippen LogP contribution in [0.2, 0.25) is 0 Å². The summed E-state index contributed by atoms with van der Waals surface area (Å²) in [5.74, 6) is -0.429. The molecule has 1 aromatic heterocycles. The number of fused-ring (bicyclic) bond motifs is 1. The Morgan fingerprint density at radius 1 is 0.969 bits per heavy atom. The maximum absolute atomic E-state index is 12.4. The molecule has 168 valence electrons. The zero-order chi connectivity index (χ0) is 22.3. The number of carbonyl (C=O) groups is 2. The van der Waals surface area contributed by atoms with E-state index >= 15 is 0 Å². The normalized spacial score (nSPS) is 15.0. The number of piperidine rings is 1. The van der Waals surface area contributed by atoms with Gasteiger partial charge >= 0.3 is 5.76 Å². The molecule has 0 atom stereocenters. The van der Waals surface area contributed by atoms with Crippen LogP contribution in [-0.2, 0) is 16.1 Å². The fourth-order valence-electron chi connectivity index (χ4n) is 4.08. The number of nitrogens with zero attached hydrogens (tertiary/aromatic N) is 2. The minimum atomic E-state index is -0.393. The van der Waals surface area contributed by atoms with Crippen molar-refractivity contribution < 1.29 is 14.0 Å². The molecule has 0 bridgehead atoms. The number of hydrogen-bond acceptors (Lipinski definition) is 5. The largest absolute Gasteiger partial charge is 0.419 e. The maximum Gasteiger partial charge on any atom is 0.419 e. The number of hydrogen-bond donors (Lipinski definition) is 2. The van der Waals surface area contributed by atoms with Crippen molar-refractivity contribution in [2.24, 2.45) is 0 Å². The molecule has 1 aliphatic heterocycles. The summed E-state index contributed by atoms with van der Waals surface area (Å²) in [6.45, 7) is 2.33. The lowest BCUT2D eigenvalue weighted by Gasteiger charge is -2.31. The third kappa shape index (κ3) is 5.64. The topological polar surface area (TPSA) is 96.6 Å². The van der Waals surface area contributed by atoms with Crippen LogP contribution < -0.4 is 16.4 Å². The minimum absolute atomic E-state index is 0.00822. The molecule has 8 nitrogen and oxygen atoms in total. The fraction of sp³-hybridized carbons (Fsp3) is 0.375. The molecule has 3 aromatic rings. The van der Waals surface area contributed by atoms with Crippen molar-refractivity contribution in [1.82, 2.24) is 14.8 Å². The van der Waals surface area contributed by atoms with E-state index in [0.717, 1.165) is 37.1 Å². The van der Waals surface area contributed by atoms with Crippen molar-refractivity contribution in [2.45, 2.75) is 38.3 Å². The van der Waals surface area contributed by atoms with E-state index < -0.39 is 5.76 Å². The number of oxazole rings is 1. The summed E-state index contributed by atoms with van der Waals surface area (Å²) >= 11 is 0. The van der Waals surface area contributed by atoms with Crippen LogP contribution in [0.1, 0.15) is 25.7 Å². The second-order valence-corrected chi connectivity index (χ2v) is 8.12. The molecule has 0 saturated carbocycles. The van der Waals surface area contributed by atoms with Crippen LogP contribution in [-0.4, -0.2) is 47.0 Å². The number of carbonyl (C=O) groups excluding carboxylic acids is 2. The highest BCUT2D eigenvalue weighted by atomic mass is 16.4. The van der Waals surface area contributed by atoms with Crippen molar-refractivity contribution in [3.8, 4) is 0 Å². The molecule has 0 radical (unpaired) electrons. The number of likely N-dealkylation sites (tertiary alicyclic amines) is 1. The van der Waals surface area contributed by atoms with E-state index in [4.69, 9.17) is 4.42 Å². The summed E-state index contributed by atoms with van der Waals surface area (Å²) in [6.07, 6.45) is 2.55. The monoisotopic (exact) mass is 436 g/mol. The Balaban J connectivity index is 1.16. The summed E-state index contributed by atoms with van der Waals surface area (Å²) in [5.41, 5.74) is 2.11. The zero-order valence-corrected chi connectivity index (χ0v) is 18.0. The van der Waals surface area contributed by atoms with Crippen LogP contribution in [0.3, 0.4) is 0 Å². The van der Waals surface area contributed by atoms with Crippen LogP contribution in [0.4, 0.5) is 5.69 Å². The lowest BCUT2D eigenvalue weighted by atomic mass is 10.0. The third-order valence-corrected chi connectivity index (χ3v) is 5.74. The van der Waals surface area contributed by atoms with E-state index in [2.05, 4.69) is 15.5 Å². The Hall–Kier alpha value is -3.39. The number of para-hydroxylation sites is 3. The molecule has 32 heavy (non-hydrogen) atoms. The lowest BCUT2D eigenvalue weighted by molar-refractivity contribution is -0.122. The van der Waals surface area contributed by atoms with Gasteiger partial charge in [0.15, 0.2) is 5.58 Å². The van der Waals surface area contributed by atoms with E-state index in [-0.39, 0.29) is 17.9 Å². The molecule has 4 rings (SSSR count). The summed E-state index contributed by atoms with van der Waals surface area (Å²) < 4.78 is 6.79. The highest BCUT2D eigenvalue weighted by molar-refractivity contribution is 5.92. The predicted octanol–water partition coefficient (Wildman–Crippen LogP) is 2.59. The molecule has 0 spiro atoms. The minimum Gasteiger partial charge on any atom is -0.408 e. The van der Waals surface area contributed by atoms with E-state index in [1.165, 1.54) is 0 Å². The van der Waals surface area contributed by atoms with Crippen LogP contribution in [0, 0.1) is 0 Å². The van der Waals surface area contributed by atoms with Crippen molar-refractivity contribution in [3.05, 3.63) is 65.1 Å². The summed E-state index contributed by atoms with van der Waals surface area (Å²) in [7, 11) is 0. The highest BCUT2D eigenvalue weighted by Crippen LogP contribution is 2.14. The average molecular weight is 437 g/mol. The molecular formula is C24H28N4O4. The molecule has 0 unspecified atom stereocenters. The first-order valence-electron chi connectivity index (χ1n) is 11.0. The molecule has 1 aliphatic rings. The van der Waals surface area contributed by atoms with Gasteiger partial charge in [0, 0.05) is 37.8 Å². The van der Waals surface area contributed by atoms with E-state index in [1.54, 1.807) is 10.6 Å². The highest BCUT2D eigenvalue weighted by Gasteiger charge is 2.22. The van der Waals surface area contributed by atoms with Gasteiger partial charge in [-0.2, -0.15) is 0 Å². The SMILES string of the molecule is O=C(CN1CCC(NC(=O)CCCn2c(=O)oc3ccccc32)CC1)Nc1ccccc1. The first-order chi connectivity index (χ1) is 15.6. The Kier molecular flexibility index (Phi) is 7.01. The van der Waals surface area contributed by atoms with Crippen LogP contribution in [0.25, 0.3) is 11.1 Å². The van der Waals surface area contributed by atoms with Gasteiger partial charge in [-0.15, -0.1) is 0 Å². The van der Waals surface area contributed by atoms with Crippen molar-refractivity contribution >= 4 is 28.6 Å². The number of anilines is 1. The Morgan fingerprint density at radius 2 is 1.69 bits per heavy atom. The molecule has 2 heterocycles. The Bertz CT molecular complexity index is 1110. The number of aryl methyl sites for hydroxylation is 1. The molecule has 1 saturated heterocycles. The van der Waals surface area contributed by atoms with Crippen molar-refractivity contribution in [1.29, 1.82) is 0 Å². The standard InChI is InChI=1S/C24H28N4O4/c29-22(11-6-14-28-20-9-4-5-10-21(20)32-24(28)31)25-19-12-15-27(16-13-19)17-23(30)26-18-7-2-1-3-8-18/h1-5,7-10,19H,6,11-17H2,(H,25,29)(H,26,30). The number of benzene rings is 2. The summed E-state index contributed by atoms with van der Waals surface area (Å²) in [4.78, 5) is 38.7. The predicted molar refractivity (Wildman–Crippen MR) is 122 cm³/mol. The van der Waals surface area contributed by atoms with Crippen LogP contribution >= 0.6 is 0 Å². The van der Waals surface area contributed by atoms with Gasteiger partial charge in [0.1, 0.15) is 0 Å². The second kappa shape index (κ2) is 10.3. The fourth-order valence-corrected chi connectivity index (χ4v) is 4.08. The maximum atomic E-state index is 12.4. The summed E-state index contributed by atoms with van der Waals surface area (Å²) in [5, 5.41) is 5.99. The third-order valence-electron chi connectivity index (χ3n) is 5.74. The van der Waals surface area contributed by atoms with E-state index in [1.807, 2.05) is 48.5 Å². The molecule has 8 heteroatoms. The molecule has 1 fully saturated rings.